The SMILES string of the molecule is O=C1NC(=S)N(c2ccc(Cl)cc2)C(=O)C1=Cc1sccc1-c1cscc1[N+](=O)[O-]. The monoisotopic (exact) mass is 475 g/mol. The van der Waals surface area contributed by atoms with Crippen LogP contribution in [-0.4, -0.2) is 21.9 Å². The Hall–Kier alpha value is -2.92. The first-order valence-corrected chi connectivity index (χ1v) is 10.9. The summed E-state index contributed by atoms with van der Waals surface area (Å²) in [6.45, 7) is 0. The molecule has 0 radical (unpaired) electrons. The zero-order valence-corrected chi connectivity index (χ0v) is 18.0. The van der Waals surface area contributed by atoms with Crippen molar-refractivity contribution in [3.05, 3.63) is 72.1 Å². The Kier molecular flexibility index (Phi) is 5.48. The Morgan fingerprint density at radius 1 is 1.13 bits per heavy atom. The number of carbonyl (C=O) groups is 2. The van der Waals surface area contributed by atoms with Crippen LogP contribution in [0.3, 0.4) is 0 Å². The van der Waals surface area contributed by atoms with Crippen LogP contribution in [0.4, 0.5) is 11.4 Å². The molecule has 30 heavy (non-hydrogen) atoms. The van der Waals surface area contributed by atoms with E-state index in [4.69, 9.17) is 23.8 Å². The molecule has 11 heteroatoms. The molecule has 150 valence electrons. The molecule has 1 N–H and O–H groups in total. The zero-order chi connectivity index (χ0) is 21.4. The average Bonchev–Trinajstić information content (AvgIpc) is 3.35. The molecule has 0 atom stereocenters. The van der Waals surface area contributed by atoms with E-state index < -0.39 is 16.7 Å². The van der Waals surface area contributed by atoms with E-state index in [1.54, 1.807) is 41.1 Å². The first kappa shape index (κ1) is 20.4. The molecule has 0 spiro atoms. The Labute approximate surface area is 188 Å². The normalized spacial score (nSPS) is 15.6. The molecular weight excluding hydrogens is 466 g/mol. The molecule has 1 aliphatic rings. The molecule has 3 aromatic rings. The number of nitro groups is 1. The fourth-order valence-corrected chi connectivity index (χ4v) is 4.94. The number of anilines is 1. The van der Waals surface area contributed by atoms with Gasteiger partial charge in [-0.2, -0.15) is 0 Å². The molecule has 1 aliphatic heterocycles. The molecule has 1 fully saturated rings. The van der Waals surface area contributed by atoms with Gasteiger partial charge in [-0.25, -0.2) is 0 Å². The summed E-state index contributed by atoms with van der Waals surface area (Å²) < 4.78 is 0. The number of amides is 2. The van der Waals surface area contributed by atoms with Gasteiger partial charge in [0.15, 0.2) is 5.11 Å². The average molecular weight is 476 g/mol. The Morgan fingerprint density at radius 3 is 2.57 bits per heavy atom. The van der Waals surface area contributed by atoms with Crippen LogP contribution >= 0.6 is 46.5 Å². The molecule has 2 aromatic heterocycles. The third kappa shape index (κ3) is 3.65. The van der Waals surface area contributed by atoms with Gasteiger partial charge in [-0.1, -0.05) is 11.6 Å². The molecule has 0 unspecified atom stereocenters. The third-order valence-electron chi connectivity index (χ3n) is 4.29. The maximum atomic E-state index is 13.1. The number of nitrogens with zero attached hydrogens (tertiary/aromatic N) is 2. The lowest BCUT2D eigenvalue weighted by Crippen LogP contribution is -2.54. The number of nitrogens with one attached hydrogen (secondary N) is 1. The van der Waals surface area contributed by atoms with Gasteiger partial charge in [0, 0.05) is 20.8 Å². The molecule has 2 amide bonds. The van der Waals surface area contributed by atoms with Crippen LogP contribution in [0.5, 0.6) is 0 Å². The molecular formula is C19H10ClN3O4S3. The Morgan fingerprint density at radius 2 is 1.87 bits per heavy atom. The van der Waals surface area contributed by atoms with Gasteiger partial charge in [0.1, 0.15) is 5.57 Å². The van der Waals surface area contributed by atoms with Crippen molar-refractivity contribution in [2.24, 2.45) is 0 Å². The van der Waals surface area contributed by atoms with Gasteiger partial charge in [-0.3, -0.25) is 29.9 Å². The predicted molar refractivity (Wildman–Crippen MR) is 122 cm³/mol. The second-order valence-corrected chi connectivity index (χ2v) is 8.58. The summed E-state index contributed by atoms with van der Waals surface area (Å²) >= 11 is 13.6. The van der Waals surface area contributed by atoms with E-state index >= 15 is 0 Å². The third-order valence-corrected chi connectivity index (χ3v) is 6.42. The van der Waals surface area contributed by atoms with Crippen LogP contribution in [0.25, 0.3) is 17.2 Å². The number of thiocarbonyl (C=S) groups is 1. The molecule has 0 bridgehead atoms. The van der Waals surface area contributed by atoms with Crippen LogP contribution in [0.1, 0.15) is 4.88 Å². The number of carbonyl (C=O) groups excluding carboxylic acids is 2. The first-order chi connectivity index (χ1) is 14.4. The van der Waals surface area contributed by atoms with Crippen molar-refractivity contribution in [2.45, 2.75) is 0 Å². The minimum Gasteiger partial charge on any atom is -0.298 e. The molecule has 1 saturated heterocycles. The van der Waals surface area contributed by atoms with Gasteiger partial charge in [-0.05, 0) is 54.0 Å². The summed E-state index contributed by atoms with van der Waals surface area (Å²) in [5.41, 5.74) is 1.32. The van der Waals surface area contributed by atoms with Crippen molar-refractivity contribution < 1.29 is 14.5 Å². The molecule has 1 aromatic carbocycles. The van der Waals surface area contributed by atoms with Crippen LogP contribution < -0.4 is 10.2 Å². The van der Waals surface area contributed by atoms with Gasteiger partial charge in [0.2, 0.25) is 0 Å². The Bertz CT molecular complexity index is 1230. The summed E-state index contributed by atoms with van der Waals surface area (Å²) in [6.07, 6.45) is 1.43. The minimum absolute atomic E-state index is 0.0264. The van der Waals surface area contributed by atoms with Crippen LogP contribution in [-0.2, 0) is 9.59 Å². The lowest BCUT2D eigenvalue weighted by molar-refractivity contribution is -0.383. The molecule has 4 rings (SSSR count). The Balaban J connectivity index is 1.76. The maximum Gasteiger partial charge on any atom is 0.287 e. The fourth-order valence-electron chi connectivity index (χ4n) is 2.90. The largest absolute Gasteiger partial charge is 0.298 e. The summed E-state index contributed by atoms with van der Waals surface area (Å²) in [5.74, 6) is -1.22. The highest BCUT2D eigenvalue weighted by molar-refractivity contribution is 7.80. The van der Waals surface area contributed by atoms with Crippen molar-refractivity contribution in [3.8, 4) is 11.1 Å². The smallest absolute Gasteiger partial charge is 0.287 e. The van der Waals surface area contributed by atoms with Gasteiger partial charge >= 0.3 is 0 Å². The van der Waals surface area contributed by atoms with E-state index in [1.165, 1.54) is 39.0 Å². The second kappa shape index (κ2) is 8.07. The quantitative estimate of drug-likeness (QED) is 0.191. The van der Waals surface area contributed by atoms with Crippen LogP contribution in [0.2, 0.25) is 5.02 Å². The van der Waals surface area contributed by atoms with Gasteiger partial charge in [-0.15, -0.1) is 22.7 Å². The zero-order valence-electron chi connectivity index (χ0n) is 14.8. The van der Waals surface area contributed by atoms with E-state index in [9.17, 15) is 19.7 Å². The number of hydrogen-bond donors (Lipinski definition) is 1. The van der Waals surface area contributed by atoms with Crippen molar-refractivity contribution in [1.29, 1.82) is 0 Å². The number of hydrogen-bond acceptors (Lipinski definition) is 7. The maximum absolute atomic E-state index is 13.1. The first-order valence-electron chi connectivity index (χ1n) is 8.32. The summed E-state index contributed by atoms with van der Waals surface area (Å²) in [4.78, 5) is 38.2. The van der Waals surface area contributed by atoms with E-state index in [2.05, 4.69) is 5.32 Å². The minimum atomic E-state index is -0.630. The second-order valence-electron chi connectivity index (χ2n) is 6.06. The standard InChI is InChI=1S/C19H10ClN3O4S3/c20-10-1-3-11(4-2-10)22-18(25)13(17(24)21-19(22)28)7-16-12(5-6-30-16)14-8-29-9-15(14)23(26)27/h1-9H,(H,21,24,28). The lowest BCUT2D eigenvalue weighted by atomic mass is 10.1. The lowest BCUT2D eigenvalue weighted by Gasteiger charge is -2.28. The van der Waals surface area contributed by atoms with E-state index in [1.807, 2.05) is 0 Å². The number of rotatable bonds is 4. The molecule has 7 nitrogen and oxygen atoms in total. The number of halogens is 1. The highest BCUT2D eigenvalue weighted by Gasteiger charge is 2.35. The van der Waals surface area contributed by atoms with Crippen molar-refractivity contribution in [2.75, 3.05) is 4.90 Å². The van der Waals surface area contributed by atoms with E-state index in [-0.39, 0.29) is 16.4 Å². The molecule has 3 heterocycles. The molecule has 0 aliphatic carbocycles. The molecule has 0 saturated carbocycles. The number of benzene rings is 1. The summed E-state index contributed by atoms with van der Waals surface area (Å²) in [5, 5.41) is 19.1. The topological polar surface area (TPSA) is 92.6 Å². The van der Waals surface area contributed by atoms with E-state index in [0.717, 1.165) is 0 Å². The fraction of sp³-hybridized carbons (Fsp3) is 0. The van der Waals surface area contributed by atoms with Crippen molar-refractivity contribution >= 4 is 80.9 Å². The van der Waals surface area contributed by atoms with Gasteiger partial charge < -0.3 is 0 Å². The van der Waals surface area contributed by atoms with Crippen molar-refractivity contribution in [3.63, 3.8) is 0 Å². The van der Waals surface area contributed by atoms with Crippen LogP contribution in [0, 0.1) is 10.1 Å². The predicted octanol–water partition coefficient (Wildman–Crippen LogP) is 4.87. The van der Waals surface area contributed by atoms with Crippen molar-refractivity contribution in [1.82, 2.24) is 5.32 Å². The number of thiophene rings is 2. The highest BCUT2D eigenvalue weighted by atomic mass is 35.5. The summed E-state index contributed by atoms with van der Waals surface area (Å²) in [6, 6.07) is 8.18. The van der Waals surface area contributed by atoms with Gasteiger partial charge in [0.05, 0.1) is 21.6 Å². The summed E-state index contributed by atoms with van der Waals surface area (Å²) in [7, 11) is 0. The van der Waals surface area contributed by atoms with E-state index in [0.29, 0.717) is 26.7 Å². The van der Waals surface area contributed by atoms with Crippen LogP contribution in [0.15, 0.2) is 52.0 Å². The van der Waals surface area contributed by atoms with Gasteiger partial charge in [0.25, 0.3) is 17.5 Å². The highest BCUT2D eigenvalue weighted by Crippen LogP contribution is 2.38.